The van der Waals surface area contributed by atoms with Gasteiger partial charge in [-0.15, -0.1) is 0 Å². The third kappa shape index (κ3) is 32.9. The van der Waals surface area contributed by atoms with Crippen molar-refractivity contribution >= 4 is 0 Å². The minimum Gasteiger partial charge on any atom is -0.465 e. The largest absolute Gasteiger partial charge is 0.465 e. The van der Waals surface area contributed by atoms with Crippen LogP contribution in [0.1, 0.15) is 305 Å². The summed E-state index contributed by atoms with van der Waals surface area (Å²) < 4.78 is 96.5. The first kappa shape index (κ1) is 90.4. The van der Waals surface area contributed by atoms with Gasteiger partial charge in [0.1, 0.15) is 34.5 Å². The van der Waals surface area contributed by atoms with Crippen LogP contribution in [-0.4, -0.2) is 64.1 Å². The van der Waals surface area contributed by atoms with Crippen molar-refractivity contribution in [2.24, 2.45) is 23.2 Å². The Hall–Kier alpha value is -6.25. The van der Waals surface area contributed by atoms with Crippen molar-refractivity contribution in [3.05, 3.63) is 179 Å². The van der Waals surface area contributed by atoms with Gasteiger partial charge in [-0.25, -0.2) is 0 Å². The van der Waals surface area contributed by atoms with Crippen molar-refractivity contribution in [3.8, 4) is 34.5 Å². The molecule has 0 aromatic heterocycles. The second-order valence-electron chi connectivity index (χ2n) is 31.3. The molecule has 10 unspecified atom stereocenters. The van der Waals surface area contributed by atoms with Crippen LogP contribution in [0.3, 0.4) is 0 Å². The highest BCUT2D eigenvalue weighted by Gasteiger charge is 2.50. The zero-order valence-corrected chi connectivity index (χ0v) is 68.7. The Morgan fingerprint density at radius 2 is 0.708 bits per heavy atom. The molecule has 592 valence electrons. The van der Waals surface area contributed by atoms with Crippen LogP contribution >= 0.6 is 0 Å². The first-order valence-electron chi connectivity index (χ1n) is 40.6. The molecule has 0 radical (unpaired) electrons. The summed E-state index contributed by atoms with van der Waals surface area (Å²) >= 11 is 0. The van der Waals surface area contributed by atoms with Crippen molar-refractivity contribution < 1.29 is 60.5 Å². The Morgan fingerprint density at radius 3 is 1.07 bits per heavy atom. The predicted octanol–water partition coefficient (Wildman–Crippen LogP) is 27.3. The molecule has 3 saturated carbocycles. The number of hydrogen-bond acceptors (Lipinski definition) is 10. The Labute approximate surface area is 640 Å². The smallest absolute Gasteiger partial charge is 0.398 e. The molecule has 9 rings (SSSR count). The molecule has 0 amide bonds. The molecule has 0 heterocycles. The number of benzene rings is 6. The van der Waals surface area contributed by atoms with E-state index < -0.39 is 17.9 Å². The van der Waals surface area contributed by atoms with Crippen molar-refractivity contribution in [2.75, 3.05) is 20.3 Å². The Morgan fingerprint density at radius 1 is 0.368 bits per heavy atom. The lowest BCUT2D eigenvalue weighted by atomic mass is 9.72. The van der Waals surface area contributed by atoms with Crippen molar-refractivity contribution in [2.45, 2.75) is 326 Å². The molecule has 6 aromatic carbocycles. The first-order valence-corrected chi connectivity index (χ1v) is 40.6. The highest BCUT2D eigenvalue weighted by Crippen LogP contribution is 2.44. The maximum atomic E-state index is 13.1. The summed E-state index contributed by atoms with van der Waals surface area (Å²) in [5.41, 5.74) is 4.29. The van der Waals surface area contributed by atoms with Crippen LogP contribution in [-0.2, 0) is 24.4 Å². The lowest BCUT2D eigenvalue weighted by molar-refractivity contribution is -0.186. The Bertz CT molecular complexity index is 3190. The summed E-state index contributed by atoms with van der Waals surface area (Å²) in [6.07, 6.45) is 19.2. The van der Waals surface area contributed by atoms with Crippen LogP contribution in [0.15, 0.2) is 152 Å². The van der Waals surface area contributed by atoms with Gasteiger partial charge in [0.05, 0.1) is 24.7 Å². The number of methoxy groups -OCH3 is 1. The normalized spacial score (nSPS) is 18.8. The van der Waals surface area contributed by atoms with Crippen molar-refractivity contribution in [3.63, 3.8) is 0 Å². The molecule has 13 heteroatoms. The monoisotopic (exact) mass is 1470 g/mol. The fourth-order valence-electron chi connectivity index (χ4n) is 13.6. The molecule has 106 heavy (non-hydrogen) atoms. The molecule has 0 N–H and O–H groups in total. The molecule has 0 aliphatic heterocycles. The molecule has 0 saturated heterocycles. The topological polar surface area (TPSA) is 92.3 Å². The van der Waals surface area contributed by atoms with Gasteiger partial charge in [0.15, 0.2) is 25.2 Å². The van der Waals surface area contributed by atoms with Crippen LogP contribution in [0, 0.1) is 23.2 Å². The van der Waals surface area contributed by atoms with E-state index >= 15 is 0 Å². The van der Waals surface area contributed by atoms with E-state index in [4.69, 9.17) is 47.4 Å². The van der Waals surface area contributed by atoms with Gasteiger partial charge in [0.25, 0.3) is 0 Å². The maximum absolute atomic E-state index is 13.1. The van der Waals surface area contributed by atoms with Gasteiger partial charge in [0, 0.05) is 14.0 Å². The third-order valence-electron chi connectivity index (χ3n) is 22.1. The van der Waals surface area contributed by atoms with Gasteiger partial charge in [-0.3, -0.25) is 0 Å². The van der Waals surface area contributed by atoms with Gasteiger partial charge in [-0.2, -0.15) is 13.2 Å². The van der Waals surface area contributed by atoms with E-state index in [1.165, 1.54) is 164 Å². The lowest BCUT2D eigenvalue weighted by Crippen LogP contribution is -2.38. The zero-order chi connectivity index (χ0) is 77.7. The molecule has 0 bridgehead atoms. The van der Waals surface area contributed by atoms with E-state index in [1.807, 2.05) is 70.2 Å². The standard InChI is InChI=1S/C22H36O2.C20H32O2.C19H30O2.C18H22O2.C14H19F3O2/c1-7-16(2)18-8-12-20(13-9-18)23-17(3)24-21-14-10-19(11-15-21)22(4,5)6;1-4-16(2)19-10-12-20(13-11-19)22-17(3)21-15-14-18-8-6-5-7-9-18;1-4-15(2)18-10-12-19(13-11-18)21-16(3)20-14-17-8-6-5-7-9-17;1-4-14(2)16-10-12-18(13-11-16)20-15(3)19-17-8-6-5-7-9-17;1-5-13(3,14(15,16)17)11-6-8-12(9-7-11)19-10(2)18-4/h8-9,12-13,16-17,19,21H,7,10-11,14-15H2,1-6H3;10-13,16-18H,4-9,14-15H2,1-3H3;10-13,15-17H,4-9,14H2,1-3H3;5-15H,4H2,1-3H3;6-10H,5H2,1-4H3. The van der Waals surface area contributed by atoms with Crippen LogP contribution in [0.2, 0.25) is 0 Å². The zero-order valence-electron chi connectivity index (χ0n) is 68.7. The Balaban J connectivity index is 0.000000238. The molecule has 10 nitrogen and oxygen atoms in total. The van der Waals surface area contributed by atoms with Crippen LogP contribution in [0.4, 0.5) is 13.2 Å². The summed E-state index contributed by atoms with van der Waals surface area (Å²) in [5.74, 6) is 9.67. The predicted molar refractivity (Wildman–Crippen MR) is 431 cm³/mol. The molecule has 10 atom stereocenters. The maximum Gasteiger partial charge on any atom is 0.398 e. The van der Waals surface area contributed by atoms with Crippen LogP contribution in [0.25, 0.3) is 0 Å². The third-order valence-corrected chi connectivity index (χ3v) is 22.1. The van der Waals surface area contributed by atoms with E-state index in [9.17, 15) is 13.2 Å². The minimum absolute atomic E-state index is 0.00875. The summed E-state index contributed by atoms with van der Waals surface area (Å²) in [5, 5.41) is 0. The quantitative estimate of drug-likeness (QED) is 0.0380. The summed E-state index contributed by atoms with van der Waals surface area (Å²) in [6.45, 7) is 38.9. The number of alkyl halides is 3. The highest BCUT2D eigenvalue weighted by atomic mass is 19.4. The summed E-state index contributed by atoms with van der Waals surface area (Å²) in [4.78, 5) is 0. The lowest BCUT2D eigenvalue weighted by Gasteiger charge is -2.37. The summed E-state index contributed by atoms with van der Waals surface area (Å²) in [6, 6.07) is 49.3. The van der Waals surface area contributed by atoms with Gasteiger partial charge in [0.2, 0.25) is 6.29 Å². The van der Waals surface area contributed by atoms with Crippen molar-refractivity contribution in [1.29, 1.82) is 0 Å². The molecular formula is C93H139F3O10. The fraction of sp³-hybridized carbons (Fsp3) is 0.613. The molecule has 3 fully saturated rings. The van der Waals surface area contributed by atoms with Gasteiger partial charge >= 0.3 is 6.18 Å². The number of hydrogen-bond donors (Lipinski definition) is 0. The minimum atomic E-state index is -4.27. The van der Waals surface area contributed by atoms with Crippen LogP contribution < -0.4 is 28.4 Å². The van der Waals surface area contributed by atoms with Crippen molar-refractivity contribution in [1.82, 2.24) is 0 Å². The van der Waals surface area contributed by atoms with Gasteiger partial charge in [-0.05, 0) is 259 Å². The van der Waals surface area contributed by atoms with E-state index in [2.05, 4.69) is 161 Å². The second-order valence-corrected chi connectivity index (χ2v) is 31.3. The number of ether oxygens (including phenoxy) is 10. The average molecular weight is 1470 g/mol. The van der Waals surface area contributed by atoms with E-state index in [0.717, 1.165) is 85.4 Å². The van der Waals surface area contributed by atoms with Crippen LogP contribution in [0.5, 0.6) is 34.5 Å². The molecule has 3 aliphatic carbocycles. The van der Waals surface area contributed by atoms with E-state index in [-0.39, 0.29) is 37.1 Å². The second kappa shape index (κ2) is 47.6. The Kier molecular flexibility index (Phi) is 40.6. The molecule has 3 aliphatic rings. The molecule has 0 spiro atoms. The number of halogens is 3. The van der Waals surface area contributed by atoms with E-state index in [0.29, 0.717) is 40.9 Å². The van der Waals surface area contributed by atoms with Gasteiger partial charge < -0.3 is 47.4 Å². The number of para-hydroxylation sites is 1. The molecular weight excluding hydrogens is 1330 g/mol. The highest BCUT2D eigenvalue weighted by molar-refractivity contribution is 5.35. The van der Waals surface area contributed by atoms with Gasteiger partial charge in [-0.1, -0.05) is 213 Å². The fourth-order valence-corrected chi connectivity index (χ4v) is 13.6. The molecule has 6 aromatic rings. The average Bonchev–Trinajstić information content (AvgIpc) is 0.786. The first-order chi connectivity index (χ1) is 50.6. The SMILES string of the molecule is CCC(C)(c1ccc(OC(C)OC)cc1)C(F)(F)F.CCC(C)c1ccc(OC(C)OC2CCC(C(C)(C)C)CC2)cc1.CCC(C)c1ccc(OC(C)OCC2CCCCC2)cc1.CCC(C)c1ccc(OC(C)OCCC2CCCCC2)cc1.CCC(C)c1ccc(OC(C)Oc2ccccc2)cc1. The number of rotatable bonds is 32. The summed E-state index contributed by atoms with van der Waals surface area (Å²) in [7, 11) is 1.50. The van der Waals surface area contributed by atoms with E-state index in [1.54, 1.807) is 6.92 Å².